The van der Waals surface area contributed by atoms with Crippen LogP contribution in [-0.2, 0) is 13.0 Å². The summed E-state index contributed by atoms with van der Waals surface area (Å²) in [6.07, 6.45) is 24.0. The lowest BCUT2D eigenvalue weighted by atomic mass is 10.0. The molecule has 0 aromatic rings. The molecule has 0 aromatic carbocycles. The topological polar surface area (TPSA) is 27.7 Å². The second-order valence-electron chi connectivity index (χ2n) is 7.94. The molecule has 0 rings (SSSR count). The molecule has 0 saturated carbocycles. The molecule has 0 fully saturated rings. The zero-order valence-corrected chi connectivity index (χ0v) is 23.6. The van der Waals surface area contributed by atoms with Gasteiger partial charge in [0.2, 0.25) is 0 Å². The first kappa shape index (κ1) is 27.5. The second-order valence-corrected chi connectivity index (χ2v) is 13.2. The minimum Gasteiger partial charge on any atom is -0.449 e. The van der Waals surface area contributed by atoms with Gasteiger partial charge in [-0.05, 0) is 18.9 Å². The van der Waals surface area contributed by atoms with E-state index in [1.807, 2.05) is 0 Å². The lowest BCUT2D eigenvalue weighted by Gasteiger charge is -2.05. The summed E-state index contributed by atoms with van der Waals surface area (Å²) in [6, 6.07) is 1.25. The van der Waals surface area contributed by atoms with Crippen molar-refractivity contribution in [2.45, 2.75) is 122 Å². The number of hydrogen-bond acceptors (Lipinski definition) is 3. The second kappa shape index (κ2) is 26.5. The molecule has 0 saturated heterocycles. The van der Waals surface area contributed by atoms with Crippen LogP contribution in [0.3, 0.4) is 0 Å². The molecule has 0 aliphatic rings. The van der Waals surface area contributed by atoms with E-state index >= 15 is 0 Å². The van der Waals surface area contributed by atoms with Crippen molar-refractivity contribution in [1.29, 1.82) is 0 Å². The molecule has 3 nitrogen and oxygen atoms in total. The van der Waals surface area contributed by atoms with Gasteiger partial charge in [-0.3, -0.25) is 0 Å². The van der Waals surface area contributed by atoms with Gasteiger partial charge in [0.1, 0.15) is 20.2 Å². The normalized spacial score (nSPS) is 12.3. The van der Waals surface area contributed by atoms with Gasteiger partial charge in [0, 0.05) is 13.2 Å². The van der Waals surface area contributed by atoms with Gasteiger partial charge in [0.25, 0.3) is 10.0 Å². The van der Waals surface area contributed by atoms with Gasteiger partial charge in [0.05, 0.1) is 0 Å². The average molecular weight is 435 g/mol. The van der Waals surface area contributed by atoms with Crippen LogP contribution in [0, 0.1) is 0 Å². The van der Waals surface area contributed by atoms with Crippen molar-refractivity contribution in [3.05, 3.63) is 0 Å². The summed E-state index contributed by atoms with van der Waals surface area (Å²) in [5.41, 5.74) is 0. The highest BCUT2D eigenvalue weighted by molar-refractivity contribution is 6.41. The molecule has 0 aliphatic carbocycles. The molecular formula is C21H50O3Si3. The van der Waals surface area contributed by atoms with Crippen molar-refractivity contribution >= 4 is 30.3 Å². The van der Waals surface area contributed by atoms with Gasteiger partial charge in [-0.25, -0.2) is 0 Å². The molecule has 0 spiro atoms. The summed E-state index contributed by atoms with van der Waals surface area (Å²) in [5, 5.41) is 0. The highest BCUT2D eigenvalue weighted by Gasteiger charge is 1.95. The third-order valence-corrected chi connectivity index (χ3v) is 8.72. The van der Waals surface area contributed by atoms with Gasteiger partial charge in [0.15, 0.2) is 0 Å². The van der Waals surface area contributed by atoms with E-state index in [1.54, 1.807) is 0 Å². The van der Waals surface area contributed by atoms with Crippen molar-refractivity contribution in [3.8, 4) is 0 Å². The lowest BCUT2D eigenvalue weighted by Crippen LogP contribution is -2.07. The van der Waals surface area contributed by atoms with Gasteiger partial charge in [-0.15, -0.1) is 0 Å². The fourth-order valence-electron chi connectivity index (χ4n) is 3.40. The van der Waals surface area contributed by atoms with Gasteiger partial charge >= 0.3 is 0 Å². The zero-order chi connectivity index (χ0) is 19.7. The average Bonchev–Trinajstić information content (AvgIpc) is 2.68. The maximum Gasteiger partial charge on any atom is 0.282 e. The van der Waals surface area contributed by atoms with Crippen LogP contribution < -0.4 is 0 Å². The highest BCUT2D eigenvalue weighted by Crippen LogP contribution is 2.13. The molecule has 0 heterocycles. The Bertz CT molecular complexity index is 235. The molecule has 6 heteroatoms. The third kappa shape index (κ3) is 26.5. The molecule has 0 atom stereocenters. The highest BCUT2D eigenvalue weighted by atomic mass is 28.3. The van der Waals surface area contributed by atoms with E-state index in [1.165, 1.54) is 115 Å². The SMILES string of the molecule is CCCCCCCCCCCCCCCCCCOCCC[SiH2]O[SiH2]O[SiH3]. The lowest BCUT2D eigenvalue weighted by molar-refractivity contribution is 0.130. The summed E-state index contributed by atoms with van der Waals surface area (Å²) >= 11 is 0. The quantitative estimate of drug-likeness (QED) is 0.166. The monoisotopic (exact) mass is 434 g/mol. The van der Waals surface area contributed by atoms with E-state index in [4.69, 9.17) is 13.0 Å². The van der Waals surface area contributed by atoms with Crippen molar-refractivity contribution in [3.63, 3.8) is 0 Å². The fourth-order valence-corrected chi connectivity index (χ4v) is 7.27. The standard InChI is InChI=1S/C21H50O3Si3/c1-2-3-4-5-6-7-8-9-10-11-12-13-14-15-16-17-19-22-20-18-21-26-24-27-23-25/h2-21,26-27H2,1,25H3. The minimum absolute atomic E-state index is 0.290. The molecule has 27 heavy (non-hydrogen) atoms. The van der Waals surface area contributed by atoms with Crippen LogP contribution >= 0.6 is 0 Å². The summed E-state index contributed by atoms with van der Waals surface area (Å²) in [6.45, 7) is 4.18. The van der Waals surface area contributed by atoms with Gasteiger partial charge < -0.3 is 13.0 Å². The number of hydrogen-bond donors (Lipinski definition) is 0. The van der Waals surface area contributed by atoms with E-state index in [0.717, 1.165) is 23.7 Å². The van der Waals surface area contributed by atoms with Crippen LogP contribution in [-0.4, -0.2) is 43.5 Å². The van der Waals surface area contributed by atoms with Crippen LogP contribution in [0.1, 0.15) is 116 Å². The third-order valence-electron chi connectivity index (χ3n) is 5.17. The van der Waals surface area contributed by atoms with Crippen molar-refractivity contribution in [2.24, 2.45) is 0 Å². The van der Waals surface area contributed by atoms with Gasteiger partial charge in [-0.2, -0.15) is 0 Å². The van der Waals surface area contributed by atoms with Crippen LogP contribution in [0.4, 0.5) is 0 Å². The number of rotatable bonds is 24. The van der Waals surface area contributed by atoms with E-state index in [-0.39, 0.29) is 9.76 Å². The number of ether oxygens (including phenoxy) is 1. The van der Waals surface area contributed by atoms with Crippen LogP contribution in [0.15, 0.2) is 0 Å². The first-order valence-corrected chi connectivity index (χ1v) is 15.6. The molecule has 0 radical (unpaired) electrons. The van der Waals surface area contributed by atoms with E-state index in [0.29, 0.717) is 0 Å². The Morgan fingerprint density at radius 2 is 1.04 bits per heavy atom. The molecule has 0 unspecified atom stereocenters. The summed E-state index contributed by atoms with van der Waals surface area (Å²) < 4.78 is 16.4. The molecule has 0 N–H and O–H groups in total. The molecule has 0 aliphatic heterocycles. The first-order valence-electron chi connectivity index (χ1n) is 12.1. The Morgan fingerprint density at radius 3 is 1.52 bits per heavy atom. The summed E-state index contributed by atoms with van der Waals surface area (Å²) in [5.74, 6) is 0. The Labute approximate surface area is 178 Å². The molecular weight excluding hydrogens is 384 g/mol. The summed E-state index contributed by atoms with van der Waals surface area (Å²) in [7, 11) is -0.0120. The molecule has 0 bridgehead atoms. The number of unbranched alkanes of at least 4 members (excludes halogenated alkanes) is 15. The van der Waals surface area contributed by atoms with Gasteiger partial charge in [-0.1, -0.05) is 103 Å². The predicted octanol–water partition coefficient (Wildman–Crippen LogP) is 4.47. The minimum atomic E-state index is -0.566. The van der Waals surface area contributed by atoms with Crippen LogP contribution in [0.5, 0.6) is 0 Å². The Morgan fingerprint density at radius 1 is 0.593 bits per heavy atom. The van der Waals surface area contributed by atoms with Crippen molar-refractivity contribution in [1.82, 2.24) is 0 Å². The van der Waals surface area contributed by atoms with E-state index in [9.17, 15) is 0 Å². The van der Waals surface area contributed by atoms with Crippen LogP contribution in [0.25, 0.3) is 0 Å². The summed E-state index contributed by atoms with van der Waals surface area (Å²) in [4.78, 5) is 0. The zero-order valence-electron chi connectivity index (χ0n) is 18.8. The van der Waals surface area contributed by atoms with Crippen molar-refractivity contribution in [2.75, 3.05) is 13.2 Å². The van der Waals surface area contributed by atoms with E-state index < -0.39 is 10.0 Å². The fraction of sp³-hybridized carbons (Fsp3) is 1.00. The first-order chi connectivity index (χ1) is 13.4. The van der Waals surface area contributed by atoms with Crippen LogP contribution in [0.2, 0.25) is 6.04 Å². The maximum absolute atomic E-state index is 5.71. The smallest absolute Gasteiger partial charge is 0.282 e. The molecule has 164 valence electrons. The molecule has 0 amide bonds. The van der Waals surface area contributed by atoms with Crippen molar-refractivity contribution < 1.29 is 13.0 Å². The molecule has 0 aromatic heterocycles. The Balaban J connectivity index is 2.95. The maximum atomic E-state index is 5.71. The Hall–Kier alpha value is 0.531. The Kier molecular flexibility index (Phi) is 27.1. The predicted molar refractivity (Wildman–Crippen MR) is 129 cm³/mol. The van der Waals surface area contributed by atoms with E-state index in [2.05, 4.69) is 6.92 Å². The largest absolute Gasteiger partial charge is 0.449 e.